The van der Waals surface area contributed by atoms with E-state index in [9.17, 15) is 4.79 Å². The Hall–Kier alpha value is -2.32. The van der Waals surface area contributed by atoms with Crippen LogP contribution in [0.1, 0.15) is 54.2 Å². The van der Waals surface area contributed by atoms with Crippen LogP contribution in [0.15, 0.2) is 0 Å². The van der Waals surface area contributed by atoms with Gasteiger partial charge in [0, 0.05) is 0 Å². The van der Waals surface area contributed by atoms with E-state index in [1.807, 2.05) is 11.6 Å². The molecule has 112 valence electrons. The Morgan fingerprint density at radius 2 is 2.14 bits per heavy atom. The summed E-state index contributed by atoms with van der Waals surface area (Å²) in [5, 5.41) is 19.8. The number of aromatic nitrogens is 7. The number of rotatable bonds is 6. The Balaban J connectivity index is 1.89. The van der Waals surface area contributed by atoms with Crippen LogP contribution in [0.2, 0.25) is 0 Å². The fraction of sp³-hybridized carbons (Fsp3) is 0.667. The average molecular weight is 291 g/mol. The van der Waals surface area contributed by atoms with Gasteiger partial charge in [-0.15, -0.1) is 10.2 Å². The summed E-state index contributed by atoms with van der Waals surface area (Å²) < 4.78 is 8.25. The molecule has 3 rings (SSSR count). The summed E-state index contributed by atoms with van der Waals surface area (Å²) in [4.78, 5) is 11.7. The van der Waals surface area contributed by atoms with Crippen molar-refractivity contribution in [2.45, 2.75) is 45.2 Å². The van der Waals surface area contributed by atoms with Crippen molar-refractivity contribution in [2.24, 2.45) is 0 Å². The molecule has 0 aromatic carbocycles. The van der Waals surface area contributed by atoms with E-state index in [1.165, 1.54) is 7.11 Å². The van der Waals surface area contributed by atoms with Crippen LogP contribution in [0, 0.1) is 0 Å². The number of hydrogen-bond acceptors (Lipinski definition) is 7. The van der Waals surface area contributed by atoms with Crippen LogP contribution in [-0.4, -0.2) is 48.3 Å². The highest BCUT2D eigenvalue weighted by Crippen LogP contribution is 2.34. The molecule has 0 bridgehead atoms. The first-order valence-corrected chi connectivity index (χ1v) is 7.02. The highest BCUT2D eigenvalue weighted by atomic mass is 16.5. The molecule has 0 radical (unpaired) electrons. The van der Waals surface area contributed by atoms with Crippen molar-refractivity contribution in [3.8, 4) is 0 Å². The van der Waals surface area contributed by atoms with Crippen LogP contribution < -0.4 is 0 Å². The van der Waals surface area contributed by atoms with Crippen molar-refractivity contribution in [1.29, 1.82) is 0 Å². The number of carbonyl (C=O) groups is 1. The summed E-state index contributed by atoms with van der Waals surface area (Å²) in [5.41, 5.74) is 1.03. The van der Waals surface area contributed by atoms with E-state index in [4.69, 9.17) is 4.74 Å². The Kier molecular flexibility index (Phi) is 3.63. The molecule has 0 N–H and O–H groups in total. The van der Waals surface area contributed by atoms with Gasteiger partial charge in [0.05, 0.1) is 18.8 Å². The van der Waals surface area contributed by atoms with Crippen molar-refractivity contribution in [3.05, 3.63) is 17.2 Å². The lowest BCUT2D eigenvalue weighted by atomic mass is 10.2. The summed E-state index contributed by atoms with van der Waals surface area (Å²) in [6.07, 6.45) is 3.78. The minimum absolute atomic E-state index is 0.268. The first kappa shape index (κ1) is 13.7. The van der Waals surface area contributed by atoms with E-state index in [2.05, 4.69) is 25.8 Å². The van der Waals surface area contributed by atoms with E-state index in [0.29, 0.717) is 19.0 Å². The van der Waals surface area contributed by atoms with Gasteiger partial charge in [-0.05, 0) is 29.7 Å². The SMILES string of the molecule is CCCc1c(C(=O)OC)nnn1Cc1nnnn1C1CC1. The second-order valence-corrected chi connectivity index (χ2v) is 5.05. The predicted molar refractivity (Wildman–Crippen MR) is 70.5 cm³/mol. The summed E-state index contributed by atoms with van der Waals surface area (Å²) in [7, 11) is 1.34. The number of ether oxygens (including phenoxy) is 1. The predicted octanol–water partition coefficient (Wildman–Crippen LogP) is 0.387. The molecule has 0 atom stereocenters. The molecular weight excluding hydrogens is 274 g/mol. The van der Waals surface area contributed by atoms with Crippen molar-refractivity contribution < 1.29 is 9.53 Å². The fourth-order valence-electron chi connectivity index (χ4n) is 2.25. The topological polar surface area (TPSA) is 101 Å². The summed E-state index contributed by atoms with van der Waals surface area (Å²) in [6.45, 7) is 2.44. The molecule has 0 aliphatic heterocycles. The maximum atomic E-state index is 11.7. The maximum Gasteiger partial charge on any atom is 0.360 e. The lowest BCUT2D eigenvalue weighted by molar-refractivity contribution is 0.0592. The molecule has 2 heterocycles. The number of methoxy groups -OCH3 is 1. The van der Waals surface area contributed by atoms with E-state index in [0.717, 1.165) is 30.8 Å². The molecule has 1 aliphatic rings. The molecule has 1 aliphatic carbocycles. The van der Waals surface area contributed by atoms with Gasteiger partial charge in [-0.1, -0.05) is 18.6 Å². The summed E-state index contributed by atoms with van der Waals surface area (Å²) in [6, 6.07) is 0.397. The van der Waals surface area contributed by atoms with Gasteiger partial charge in [0.2, 0.25) is 0 Å². The van der Waals surface area contributed by atoms with Gasteiger partial charge >= 0.3 is 5.97 Å². The smallest absolute Gasteiger partial charge is 0.360 e. The van der Waals surface area contributed by atoms with Gasteiger partial charge in [0.25, 0.3) is 0 Å². The van der Waals surface area contributed by atoms with Crippen LogP contribution in [0.25, 0.3) is 0 Å². The monoisotopic (exact) mass is 291 g/mol. The number of nitrogens with zero attached hydrogens (tertiary/aromatic N) is 7. The van der Waals surface area contributed by atoms with Crippen LogP contribution in [-0.2, 0) is 17.7 Å². The summed E-state index contributed by atoms with van der Waals surface area (Å²) in [5.74, 6) is 0.266. The van der Waals surface area contributed by atoms with Gasteiger partial charge in [-0.25, -0.2) is 14.2 Å². The zero-order chi connectivity index (χ0) is 14.8. The second kappa shape index (κ2) is 5.58. The minimum atomic E-state index is -0.466. The minimum Gasteiger partial charge on any atom is -0.464 e. The van der Waals surface area contributed by atoms with Crippen molar-refractivity contribution in [1.82, 2.24) is 35.2 Å². The van der Waals surface area contributed by atoms with E-state index in [1.54, 1.807) is 4.68 Å². The molecule has 1 fully saturated rings. The third kappa shape index (κ3) is 2.63. The quantitative estimate of drug-likeness (QED) is 0.709. The summed E-state index contributed by atoms with van der Waals surface area (Å²) >= 11 is 0. The molecule has 21 heavy (non-hydrogen) atoms. The zero-order valence-electron chi connectivity index (χ0n) is 12.1. The Morgan fingerprint density at radius 3 is 2.81 bits per heavy atom. The maximum absolute atomic E-state index is 11.7. The average Bonchev–Trinajstić information content (AvgIpc) is 3.11. The molecule has 1 saturated carbocycles. The Labute approximate surface area is 121 Å². The molecule has 9 heteroatoms. The molecule has 2 aromatic rings. The molecule has 0 unspecified atom stereocenters. The standard InChI is InChI=1S/C12H17N7O2/c1-3-4-9-11(12(20)21-2)14-16-18(9)7-10-13-15-17-19(10)8-5-6-8/h8H,3-7H2,1-2H3. The molecule has 9 nitrogen and oxygen atoms in total. The van der Waals surface area contributed by atoms with Crippen LogP contribution in [0.3, 0.4) is 0 Å². The van der Waals surface area contributed by atoms with Crippen molar-refractivity contribution in [2.75, 3.05) is 7.11 Å². The van der Waals surface area contributed by atoms with Crippen LogP contribution >= 0.6 is 0 Å². The van der Waals surface area contributed by atoms with Crippen molar-refractivity contribution >= 4 is 5.97 Å². The van der Waals surface area contributed by atoms with E-state index in [-0.39, 0.29) is 5.69 Å². The van der Waals surface area contributed by atoms with Crippen LogP contribution in [0.4, 0.5) is 0 Å². The second-order valence-electron chi connectivity index (χ2n) is 5.05. The molecule has 0 amide bonds. The number of hydrogen-bond donors (Lipinski definition) is 0. The lowest BCUT2D eigenvalue weighted by Crippen LogP contribution is -2.14. The lowest BCUT2D eigenvalue weighted by Gasteiger charge is -2.06. The van der Waals surface area contributed by atoms with E-state index < -0.39 is 5.97 Å². The van der Waals surface area contributed by atoms with E-state index >= 15 is 0 Å². The highest BCUT2D eigenvalue weighted by Gasteiger charge is 2.28. The molecular formula is C12H17N7O2. The third-order valence-electron chi connectivity index (χ3n) is 3.45. The zero-order valence-corrected chi connectivity index (χ0v) is 12.1. The van der Waals surface area contributed by atoms with Gasteiger partial charge < -0.3 is 4.74 Å². The fourth-order valence-corrected chi connectivity index (χ4v) is 2.25. The number of tetrazole rings is 1. The Bertz CT molecular complexity index is 644. The number of esters is 1. The molecule has 0 spiro atoms. The third-order valence-corrected chi connectivity index (χ3v) is 3.45. The first-order chi connectivity index (χ1) is 10.2. The van der Waals surface area contributed by atoms with Gasteiger partial charge in [-0.3, -0.25) is 0 Å². The van der Waals surface area contributed by atoms with Crippen LogP contribution in [0.5, 0.6) is 0 Å². The number of carbonyl (C=O) groups excluding carboxylic acids is 1. The highest BCUT2D eigenvalue weighted by molar-refractivity contribution is 5.88. The molecule has 0 saturated heterocycles. The normalized spacial score (nSPS) is 14.4. The van der Waals surface area contributed by atoms with Crippen molar-refractivity contribution in [3.63, 3.8) is 0 Å². The first-order valence-electron chi connectivity index (χ1n) is 7.02. The largest absolute Gasteiger partial charge is 0.464 e. The Morgan fingerprint density at radius 1 is 1.33 bits per heavy atom. The molecule has 2 aromatic heterocycles. The van der Waals surface area contributed by atoms with Gasteiger partial charge in [-0.2, -0.15) is 0 Å². The van der Waals surface area contributed by atoms with Gasteiger partial charge in [0.15, 0.2) is 11.5 Å². The van der Waals surface area contributed by atoms with Gasteiger partial charge in [0.1, 0.15) is 6.54 Å².